The van der Waals surface area contributed by atoms with Crippen LogP contribution in [0.4, 0.5) is 0 Å². The van der Waals surface area contributed by atoms with E-state index < -0.39 is 16.3 Å². The smallest absolute Gasteiger partial charge is 0.282 e. The number of phenols is 1. The highest BCUT2D eigenvalue weighted by Gasteiger charge is 2.33. The number of amides is 1. The minimum Gasteiger partial charge on any atom is -0.508 e. The fourth-order valence-corrected chi connectivity index (χ4v) is 5.53. The molecule has 0 aliphatic carbocycles. The molecule has 0 aromatic heterocycles. The van der Waals surface area contributed by atoms with Gasteiger partial charge in [0, 0.05) is 39.3 Å². The van der Waals surface area contributed by atoms with Gasteiger partial charge in [0.25, 0.3) is 10.2 Å². The molecule has 0 bridgehead atoms. The van der Waals surface area contributed by atoms with Gasteiger partial charge in [-0.2, -0.15) is 17.0 Å². The first-order valence-corrected chi connectivity index (χ1v) is 11.3. The molecular weight excluding hydrogens is 380 g/mol. The summed E-state index contributed by atoms with van der Waals surface area (Å²) in [5.74, 6) is 0.0106. The maximum absolute atomic E-state index is 12.9. The van der Waals surface area contributed by atoms with Gasteiger partial charge >= 0.3 is 0 Å². The van der Waals surface area contributed by atoms with E-state index in [1.807, 2.05) is 0 Å². The van der Waals surface area contributed by atoms with Crippen LogP contribution in [-0.4, -0.2) is 78.3 Å². The maximum Gasteiger partial charge on any atom is 0.282 e. The normalized spacial score (nSPS) is 21.2. The van der Waals surface area contributed by atoms with Crippen molar-refractivity contribution in [2.45, 2.75) is 38.1 Å². The van der Waals surface area contributed by atoms with Crippen LogP contribution in [0.5, 0.6) is 5.75 Å². The summed E-state index contributed by atoms with van der Waals surface area (Å²) in [6.07, 6.45) is 3.87. The lowest BCUT2D eigenvalue weighted by molar-refractivity contribution is -0.132. The maximum atomic E-state index is 12.9. The Morgan fingerprint density at radius 3 is 2.21 bits per heavy atom. The minimum absolute atomic E-state index is 0.162. The fourth-order valence-electron chi connectivity index (χ4n) is 3.81. The Morgan fingerprint density at radius 1 is 0.929 bits per heavy atom. The first-order valence-electron chi connectivity index (χ1n) is 9.95. The van der Waals surface area contributed by atoms with Gasteiger partial charge in [0.05, 0.1) is 6.04 Å². The predicted octanol–water partition coefficient (Wildman–Crippen LogP) is 0.527. The monoisotopic (exact) mass is 410 g/mol. The van der Waals surface area contributed by atoms with Crippen molar-refractivity contribution in [1.82, 2.24) is 13.5 Å². The van der Waals surface area contributed by atoms with Crippen LogP contribution in [0.3, 0.4) is 0 Å². The van der Waals surface area contributed by atoms with Crippen LogP contribution in [-0.2, 0) is 21.4 Å². The van der Waals surface area contributed by atoms with Gasteiger partial charge in [-0.1, -0.05) is 18.6 Å². The van der Waals surface area contributed by atoms with Crippen molar-refractivity contribution in [1.29, 1.82) is 0 Å². The molecule has 9 heteroatoms. The molecule has 1 aromatic rings. The Bertz CT molecular complexity index is 763. The molecule has 2 aliphatic rings. The molecule has 0 unspecified atom stereocenters. The van der Waals surface area contributed by atoms with Crippen molar-refractivity contribution in [3.05, 3.63) is 29.8 Å². The Labute approximate surface area is 167 Å². The number of rotatable bonds is 5. The highest BCUT2D eigenvalue weighted by molar-refractivity contribution is 7.86. The third kappa shape index (κ3) is 5.02. The largest absolute Gasteiger partial charge is 0.508 e. The van der Waals surface area contributed by atoms with Crippen LogP contribution >= 0.6 is 0 Å². The number of phenolic OH excluding ortho intramolecular Hbond substituents is 1. The van der Waals surface area contributed by atoms with Crippen LogP contribution in [0.1, 0.15) is 31.2 Å². The lowest BCUT2D eigenvalue weighted by atomic mass is 10.1. The van der Waals surface area contributed by atoms with Gasteiger partial charge in [-0.25, -0.2) is 0 Å². The summed E-state index contributed by atoms with van der Waals surface area (Å²) < 4.78 is 28.8. The lowest BCUT2D eigenvalue weighted by Gasteiger charge is -2.31. The molecule has 2 fully saturated rings. The zero-order valence-corrected chi connectivity index (χ0v) is 17.0. The van der Waals surface area contributed by atoms with Gasteiger partial charge in [-0.3, -0.25) is 4.79 Å². The van der Waals surface area contributed by atoms with Crippen molar-refractivity contribution in [3.8, 4) is 5.75 Å². The molecule has 2 aliphatic heterocycles. The summed E-state index contributed by atoms with van der Waals surface area (Å²) in [4.78, 5) is 14.4. The summed E-state index contributed by atoms with van der Waals surface area (Å²) in [6, 6.07) is 5.95. The van der Waals surface area contributed by atoms with Gasteiger partial charge in [0.1, 0.15) is 5.75 Å². The molecule has 8 nitrogen and oxygen atoms in total. The average molecular weight is 411 g/mol. The number of benzene rings is 1. The number of nitrogens with two attached hydrogens (primary N) is 1. The molecular formula is C19H30N4O4S. The third-order valence-corrected chi connectivity index (χ3v) is 7.48. The molecule has 1 aromatic carbocycles. The zero-order valence-electron chi connectivity index (χ0n) is 16.2. The van der Waals surface area contributed by atoms with Crippen molar-refractivity contribution in [3.63, 3.8) is 0 Å². The standard InChI is InChI=1S/C19H30N4O4S/c20-18(15-16-5-7-17(24)8-6-16)19(25)21-9-4-12-23(14-13-21)28(26,27)22-10-2-1-3-11-22/h5-8,18,24H,1-4,9-15,20H2/t18-/m0/s1. The Morgan fingerprint density at radius 2 is 1.54 bits per heavy atom. The molecule has 1 amide bonds. The first kappa shape index (κ1) is 21.0. The molecule has 2 heterocycles. The number of nitrogens with zero attached hydrogens (tertiary/aromatic N) is 3. The molecule has 0 spiro atoms. The SMILES string of the molecule is N[C@@H](Cc1ccc(O)cc1)C(=O)N1CCCN(S(=O)(=O)N2CCCCC2)CC1. The fraction of sp³-hybridized carbons (Fsp3) is 0.632. The Hall–Kier alpha value is -1.68. The van der Waals surface area contributed by atoms with E-state index in [2.05, 4.69) is 0 Å². The van der Waals surface area contributed by atoms with Crippen molar-refractivity contribution >= 4 is 16.1 Å². The molecule has 0 radical (unpaired) electrons. The van der Waals surface area contributed by atoms with Gasteiger partial charge < -0.3 is 15.7 Å². The number of hydrogen-bond donors (Lipinski definition) is 2. The molecule has 3 N–H and O–H groups in total. The topological polar surface area (TPSA) is 107 Å². The van der Waals surface area contributed by atoms with Gasteiger partial charge in [0.2, 0.25) is 5.91 Å². The van der Waals surface area contributed by atoms with E-state index >= 15 is 0 Å². The molecule has 156 valence electrons. The van der Waals surface area contributed by atoms with Gasteiger partial charge in [0.15, 0.2) is 0 Å². The first-order chi connectivity index (χ1) is 13.4. The summed E-state index contributed by atoms with van der Waals surface area (Å²) in [6.45, 7) is 2.76. The summed E-state index contributed by atoms with van der Waals surface area (Å²) in [5, 5.41) is 9.36. The molecule has 3 rings (SSSR count). The van der Waals surface area contributed by atoms with Gasteiger partial charge in [-0.15, -0.1) is 0 Å². The van der Waals surface area contributed by atoms with Crippen LogP contribution in [0.25, 0.3) is 0 Å². The van der Waals surface area contributed by atoms with Crippen LogP contribution < -0.4 is 5.73 Å². The van der Waals surface area contributed by atoms with Crippen LogP contribution in [0, 0.1) is 0 Å². The summed E-state index contributed by atoms with van der Waals surface area (Å²) in [7, 11) is -3.46. The highest BCUT2D eigenvalue weighted by Crippen LogP contribution is 2.18. The minimum atomic E-state index is -3.46. The van der Waals surface area contributed by atoms with Crippen molar-refractivity contribution < 1.29 is 18.3 Å². The number of carbonyl (C=O) groups excluding carboxylic acids is 1. The Balaban J connectivity index is 1.57. The van der Waals surface area contributed by atoms with E-state index in [4.69, 9.17) is 5.73 Å². The van der Waals surface area contributed by atoms with Gasteiger partial charge in [-0.05, 0) is 43.4 Å². The van der Waals surface area contributed by atoms with E-state index in [-0.39, 0.29) is 11.7 Å². The number of piperidine rings is 1. The summed E-state index contributed by atoms with van der Waals surface area (Å²) >= 11 is 0. The highest BCUT2D eigenvalue weighted by atomic mass is 32.2. The Kier molecular flexibility index (Phi) is 6.92. The predicted molar refractivity (Wildman–Crippen MR) is 107 cm³/mol. The quantitative estimate of drug-likeness (QED) is 0.736. The molecule has 28 heavy (non-hydrogen) atoms. The van der Waals surface area contributed by atoms with E-state index in [1.165, 1.54) is 4.31 Å². The second-order valence-corrected chi connectivity index (χ2v) is 9.45. The zero-order chi connectivity index (χ0) is 20.1. The second kappa shape index (κ2) is 9.21. The number of hydrogen-bond acceptors (Lipinski definition) is 5. The average Bonchev–Trinajstić information content (AvgIpc) is 2.96. The summed E-state index contributed by atoms with van der Waals surface area (Å²) in [5.41, 5.74) is 6.99. The van der Waals surface area contributed by atoms with E-state index in [0.29, 0.717) is 52.1 Å². The lowest BCUT2D eigenvalue weighted by Crippen LogP contribution is -2.48. The van der Waals surface area contributed by atoms with Crippen LogP contribution in [0.15, 0.2) is 24.3 Å². The molecule has 1 atom stereocenters. The third-order valence-electron chi connectivity index (χ3n) is 5.44. The molecule has 0 saturated carbocycles. The van der Waals surface area contributed by atoms with E-state index in [9.17, 15) is 18.3 Å². The van der Waals surface area contributed by atoms with E-state index in [1.54, 1.807) is 33.5 Å². The van der Waals surface area contributed by atoms with Crippen molar-refractivity contribution in [2.75, 3.05) is 39.3 Å². The second-order valence-electron chi connectivity index (χ2n) is 7.52. The number of aromatic hydroxyl groups is 1. The van der Waals surface area contributed by atoms with Crippen molar-refractivity contribution in [2.24, 2.45) is 5.73 Å². The molecule has 2 saturated heterocycles. The van der Waals surface area contributed by atoms with Crippen LogP contribution in [0.2, 0.25) is 0 Å². The number of carbonyl (C=O) groups is 1. The van der Waals surface area contributed by atoms with E-state index in [0.717, 1.165) is 24.8 Å².